The van der Waals surface area contributed by atoms with E-state index < -0.39 is 18.0 Å². The zero-order valence-electron chi connectivity index (χ0n) is 9.23. The van der Waals surface area contributed by atoms with Crippen molar-refractivity contribution >= 4 is 17.7 Å². The third-order valence-electron chi connectivity index (χ3n) is 2.34. The molecule has 0 aliphatic heterocycles. The van der Waals surface area contributed by atoms with Crippen molar-refractivity contribution in [2.45, 2.75) is 12.5 Å². The second-order valence-corrected chi connectivity index (χ2v) is 3.83. The molecule has 92 valence electrons. The first-order valence-electron chi connectivity index (χ1n) is 4.85. The zero-order chi connectivity index (χ0) is 13.0. The Balaban J connectivity index is 3.18. The standard InChI is InChI=1S/C11H12ClFN2O2/c1-3-4-8(15(2)11(16)17)10-9(13)7(12)5-6-14-10/h3,5-6,8H,1,4H2,2H3,(H,16,17). The molecule has 0 fully saturated rings. The van der Waals surface area contributed by atoms with Crippen LogP contribution in [0.25, 0.3) is 0 Å². The number of rotatable bonds is 4. The van der Waals surface area contributed by atoms with Crippen LogP contribution in [0, 0.1) is 5.82 Å². The molecule has 1 unspecified atom stereocenters. The van der Waals surface area contributed by atoms with E-state index in [0.717, 1.165) is 4.90 Å². The van der Waals surface area contributed by atoms with Gasteiger partial charge in [0.05, 0.1) is 11.1 Å². The Morgan fingerprint density at radius 2 is 2.47 bits per heavy atom. The molecule has 1 rings (SSSR count). The van der Waals surface area contributed by atoms with Gasteiger partial charge >= 0.3 is 6.09 Å². The number of hydrogen-bond acceptors (Lipinski definition) is 2. The number of amides is 1. The quantitative estimate of drug-likeness (QED) is 0.845. The summed E-state index contributed by atoms with van der Waals surface area (Å²) in [4.78, 5) is 15.7. The maximum Gasteiger partial charge on any atom is 0.407 e. The molecule has 1 N–H and O–H groups in total. The lowest BCUT2D eigenvalue weighted by Gasteiger charge is -2.24. The summed E-state index contributed by atoms with van der Waals surface area (Å²) in [6, 6.07) is 0.579. The summed E-state index contributed by atoms with van der Waals surface area (Å²) in [5, 5.41) is 8.83. The Bertz CT molecular complexity index is 439. The molecule has 0 aromatic carbocycles. The smallest absolute Gasteiger partial charge is 0.407 e. The Morgan fingerprint density at radius 3 is 3.00 bits per heavy atom. The van der Waals surface area contributed by atoms with E-state index in [2.05, 4.69) is 11.6 Å². The van der Waals surface area contributed by atoms with Crippen molar-refractivity contribution in [2.75, 3.05) is 7.05 Å². The van der Waals surface area contributed by atoms with Gasteiger partial charge in [-0.1, -0.05) is 17.7 Å². The third kappa shape index (κ3) is 2.94. The molecule has 0 bridgehead atoms. The molecule has 4 nitrogen and oxygen atoms in total. The Labute approximate surface area is 103 Å². The number of hydrogen-bond donors (Lipinski definition) is 1. The monoisotopic (exact) mass is 258 g/mol. The molecule has 1 atom stereocenters. The van der Waals surface area contributed by atoms with Gasteiger partial charge in [-0.3, -0.25) is 4.98 Å². The number of carbonyl (C=O) groups is 1. The van der Waals surface area contributed by atoms with Crippen LogP contribution in [0.5, 0.6) is 0 Å². The molecule has 1 aromatic rings. The molecule has 1 aromatic heterocycles. The first kappa shape index (κ1) is 13.4. The largest absolute Gasteiger partial charge is 0.465 e. The Morgan fingerprint density at radius 1 is 1.82 bits per heavy atom. The lowest BCUT2D eigenvalue weighted by atomic mass is 10.1. The van der Waals surface area contributed by atoms with Gasteiger partial charge in [0.2, 0.25) is 0 Å². The van der Waals surface area contributed by atoms with E-state index in [9.17, 15) is 9.18 Å². The molecule has 17 heavy (non-hydrogen) atoms. The van der Waals surface area contributed by atoms with Gasteiger partial charge in [-0.2, -0.15) is 0 Å². The predicted molar refractivity (Wildman–Crippen MR) is 62.5 cm³/mol. The fraction of sp³-hybridized carbons (Fsp3) is 0.273. The van der Waals surface area contributed by atoms with Gasteiger partial charge in [-0.05, 0) is 12.5 Å². The maximum atomic E-state index is 13.8. The van der Waals surface area contributed by atoms with E-state index >= 15 is 0 Å². The minimum Gasteiger partial charge on any atom is -0.465 e. The molecule has 0 spiro atoms. The molecular formula is C11H12ClFN2O2. The van der Waals surface area contributed by atoms with E-state index in [0.29, 0.717) is 0 Å². The molecule has 0 aliphatic rings. The number of pyridine rings is 1. The molecular weight excluding hydrogens is 247 g/mol. The number of halogens is 2. The average Bonchev–Trinajstić information content (AvgIpc) is 2.29. The number of nitrogens with zero attached hydrogens (tertiary/aromatic N) is 2. The van der Waals surface area contributed by atoms with Gasteiger partial charge in [0.1, 0.15) is 5.69 Å². The second-order valence-electron chi connectivity index (χ2n) is 3.43. The Kier molecular flexibility index (Phi) is 4.45. The number of aromatic nitrogens is 1. The van der Waals surface area contributed by atoms with Crippen LogP contribution in [0.3, 0.4) is 0 Å². The van der Waals surface area contributed by atoms with Crippen LogP contribution >= 0.6 is 11.6 Å². The van der Waals surface area contributed by atoms with Crippen LogP contribution in [0.4, 0.5) is 9.18 Å². The average molecular weight is 259 g/mol. The van der Waals surface area contributed by atoms with Crippen molar-refractivity contribution in [3.63, 3.8) is 0 Å². The summed E-state index contributed by atoms with van der Waals surface area (Å²) in [7, 11) is 1.35. The highest BCUT2D eigenvalue weighted by atomic mass is 35.5. The van der Waals surface area contributed by atoms with E-state index in [-0.39, 0.29) is 17.1 Å². The van der Waals surface area contributed by atoms with Crippen LogP contribution in [-0.2, 0) is 0 Å². The van der Waals surface area contributed by atoms with Crippen molar-refractivity contribution < 1.29 is 14.3 Å². The summed E-state index contributed by atoms with van der Waals surface area (Å²) in [5.74, 6) is -0.700. The summed E-state index contributed by atoms with van der Waals surface area (Å²) in [6.45, 7) is 3.52. The molecule has 6 heteroatoms. The minimum absolute atomic E-state index is 0.00213. The zero-order valence-corrected chi connectivity index (χ0v) is 9.99. The third-order valence-corrected chi connectivity index (χ3v) is 2.64. The van der Waals surface area contributed by atoms with Crippen molar-refractivity contribution in [1.82, 2.24) is 9.88 Å². The van der Waals surface area contributed by atoms with Crippen LogP contribution in [0.1, 0.15) is 18.2 Å². The topological polar surface area (TPSA) is 53.4 Å². The van der Waals surface area contributed by atoms with Crippen molar-refractivity contribution in [1.29, 1.82) is 0 Å². The summed E-state index contributed by atoms with van der Waals surface area (Å²) in [6.07, 6.45) is 1.93. The molecule has 0 saturated heterocycles. The molecule has 1 amide bonds. The van der Waals surface area contributed by atoms with Gasteiger partial charge < -0.3 is 10.0 Å². The highest BCUT2D eigenvalue weighted by molar-refractivity contribution is 6.30. The summed E-state index contributed by atoms with van der Waals surface area (Å²) >= 11 is 5.64. The summed E-state index contributed by atoms with van der Waals surface area (Å²) in [5.41, 5.74) is 0.00213. The van der Waals surface area contributed by atoms with Crippen molar-refractivity contribution in [3.05, 3.63) is 41.5 Å². The van der Waals surface area contributed by atoms with Crippen molar-refractivity contribution in [2.24, 2.45) is 0 Å². The SMILES string of the molecule is C=CCC(c1nccc(Cl)c1F)N(C)C(=O)O. The normalized spacial score (nSPS) is 11.9. The first-order valence-corrected chi connectivity index (χ1v) is 5.23. The first-order chi connectivity index (χ1) is 7.99. The van der Waals surface area contributed by atoms with E-state index in [1.807, 2.05) is 0 Å². The fourth-order valence-electron chi connectivity index (χ4n) is 1.41. The van der Waals surface area contributed by atoms with Crippen LogP contribution in [0.2, 0.25) is 5.02 Å². The number of carboxylic acid groups (broad SMARTS) is 1. The summed E-state index contributed by atoms with van der Waals surface area (Å²) < 4.78 is 13.8. The second kappa shape index (κ2) is 5.63. The van der Waals surface area contributed by atoms with E-state index in [1.54, 1.807) is 0 Å². The lowest BCUT2D eigenvalue weighted by molar-refractivity contribution is 0.136. The minimum atomic E-state index is -1.17. The molecule has 0 saturated carbocycles. The fourth-order valence-corrected chi connectivity index (χ4v) is 1.57. The highest BCUT2D eigenvalue weighted by Gasteiger charge is 2.25. The molecule has 0 aliphatic carbocycles. The van der Waals surface area contributed by atoms with Crippen LogP contribution in [0.15, 0.2) is 24.9 Å². The van der Waals surface area contributed by atoms with Gasteiger partial charge in [0.25, 0.3) is 0 Å². The van der Waals surface area contributed by atoms with Crippen molar-refractivity contribution in [3.8, 4) is 0 Å². The van der Waals surface area contributed by atoms with E-state index in [1.165, 1.54) is 25.4 Å². The highest BCUT2D eigenvalue weighted by Crippen LogP contribution is 2.27. The van der Waals surface area contributed by atoms with Gasteiger partial charge in [0.15, 0.2) is 5.82 Å². The predicted octanol–water partition coefficient (Wildman–Crippen LogP) is 3.10. The molecule has 1 heterocycles. The van der Waals surface area contributed by atoms with Crippen LogP contribution in [-0.4, -0.2) is 28.1 Å². The Hall–Kier alpha value is -1.62. The van der Waals surface area contributed by atoms with E-state index in [4.69, 9.17) is 16.7 Å². The molecule has 0 radical (unpaired) electrons. The van der Waals surface area contributed by atoms with Gasteiger partial charge in [0, 0.05) is 13.2 Å². The van der Waals surface area contributed by atoms with Gasteiger partial charge in [-0.25, -0.2) is 9.18 Å². The maximum absolute atomic E-state index is 13.8. The van der Waals surface area contributed by atoms with Gasteiger partial charge in [-0.15, -0.1) is 6.58 Å². The van der Waals surface area contributed by atoms with Crippen LogP contribution < -0.4 is 0 Å². The lowest BCUT2D eigenvalue weighted by Crippen LogP contribution is -2.30.